The zero-order chi connectivity index (χ0) is 21.8. The Morgan fingerprint density at radius 2 is 1.90 bits per heavy atom. The van der Waals surface area contributed by atoms with Crippen LogP contribution in [0.3, 0.4) is 0 Å². The van der Waals surface area contributed by atoms with Crippen molar-refractivity contribution in [1.29, 1.82) is 0 Å². The van der Waals surface area contributed by atoms with Gasteiger partial charge in [0, 0.05) is 42.2 Å². The molecule has 1 aromatic carbocycles. The van der Waals surface area contributed by atoms with Gasteiger partial charge < -0.3 is 10.1 Å². The second kappa shape index (κ2) is 9.48. The summed E-state index contributed by atoms with van der Waals surface area (Å²) in [4.78, 5) is 22.3. The Kier molecular flexibility index (Phi) is 6.52. The fourth-order valence-electron chi connectivity index (χ4n) is 4.15. The number of halogens is 1. The van der Waals surface area contributed by atoms with E-state index in [2.05, 4.69) is 16.4 Å². The van der Waals surface area contributed by atoms with E-state index in [1.807, 2.05) is 37.5 Å². The van der Waals surface area contributed by atoms with Crippen LogP contribution in [0, 0.1) is 6.92 Å². The van der Waals surface area contributed by atoms with Gasteiger partial charge in [0.2, 0.25) is 0 Å². The van der Waals surface area contributed by atoms with E-state index >= 15 is 0 Å². The van der Waals surface area contributed by atoms with E-state index in [0.29, 0.717) is 28.8 Å². The lowest BCUT2D eigenvalue weighted by Gasteiger charge is -2.16. The number of hydrogen-bond donors (Lipinski definition) is 1. The lowest BCUT2D eigenvalue weighted by molar-refractivity contribution is 0.0949. The first-order valence-electron chi connectivity index (χ1n) is 10.6. The van der Waals surface area contributed by atoms with Crippen LogP contribution in [0.15, 0.2) is 48.9 Å². The van der Waals surface area contributed by atoms with Crippen molar-refractivity contribution in [1.82, 2.24) is 15.3 Å². The highest BCUT2D eigenvalue weighted by atomic mass is 35.5. The van der Waals surface area contributed by atoms with Crippen LogP contribution in [0.4, 0.5) is 0 Å². The smallest absolute Gasteiger partial charge is 0.253 e. The molecule has 1 aliphatic rings. The minimum atomic E-state index is -0.121. The number of aromatic nitrogens is 2. The van der Waals surface area contributed by atoms with E-state index in [0.717, 1.165) is 40.8 Å². The molecule has 1 amide bonds. The lowest BCUT2D eigenvalue weighted by atomic mass is 9.95. The quantitative estimate of drug-likeness (QED) is 0.539. The molecule has 2 aromatic heterocycles. The maximum atomic E-state index is 13.2. The fourth-order valence-corrected chi connectivity index (χ4v) is 4.43. The van der Waals surface area contributed by atoms with Crippen molar-refractivity contribution < 1.29 is 9.53 Å². The monoisotopic (exact) mass is 435 g/mol. The predicted octanol–water partition coefficient (Wildman–Crippen LogP) is 5.70. The van der Waals surface area contributed by atoms with E-state index in [-0.39, 0.29) is 5.91 Å². The number of pyridine rings is 2. The molecule has 6 heteroatoms. The van der Waals surface area contributed by atoms with Crippen LogP contribution in [0.1, 0.15) is 58.8 Å². The summed E-state index contributed by atoms with van der Waals surface area (Å²) in [5.41, 5.74) is 5.38. The Hall–Kier alpha value is -2.92. The average molecular weight is 436 g/mol. The van der Waals surface area contributed by atoms with Gasteiger partial charge in [-0.3, -0.25) is 14.8 Å². The van der Waals surface area contributed by atoms with Gasteiger partial charge in [0.15, 0.2) is 0 Å². The Balaban J connectivity index is 1.61. The van der Waals surface area contributed by atoms with Crippen LogP contribution >= 0.6 is 11.6 Å². The third-order valence-electron chi connectivity index (χ3n) is 5.78. The van der Waals surface area contributed by atoms with Crippen molar-refractivity contribution in [2.75, 3.05) is 7.11 Å². The second-order valence-corrected chi connectivity index (χ2v) is 8.45. The van der Waals surface area contributed by atoms with Crippen molar-refractivity contribution in [3.8, 4) is 16.9 Å². The van der Waals surface area contributed by atoms with Crippen molar-refractivity contribution in [3.05, 3.63) is 76.3 Å². The topological polar surface area (TPSA) is 64.1 Å². The largest absolute Gasteiger partial charge is 0.495 e. The molecule has 1 fully saturated rings. The maximum absolute atomic E-state index is 13.2. The molecular weight excluding hydrogens is 410 g/mol. The van der Waals surface area contributed by atoms with Crippen molar-refractivity contribution >= 4 is 17.5 Å². The van der Waals surface area contributed by atoms with Crippen LogP contribution in [0.5, 0.6) is 5.75 Å². The number of amides is 1. The molecule has 160 valence electrons. The summed E-state index contributed by atoms with van der Waals surface area (Å²) in [5, 5.41) is 3.56. The number of ether oxygens (including phenoxy) is 1. The molecule has 0 saturated heterocycles. The van der Waals surface area contributed by atoms with E-state index in [1.54, 1.807) is 19.4 Å². The van der Waals surface area contributed by atoms with Gasteiger partial charge in [-0.2, -0.15) is 0 Å². The molecule has 3 aromatic rings. The molecular formula is C25H26ClN3O2. The summed E-state index contributed by atoms with van der Waals surface area (Å²) in [6.07, 6.45) is 10.0. The molecule has 1 saturated carbocycles. The van der Waals surface area contributed by atoms with E-state index in [1.165, 1.54) is 12.8 Å². The van der Waals surface area contributed by atoms with Gasteiger partial charge in [0.25, 0.3) is 5.91 Å². The first-order chi connectivity index (χ1) is 15.0. The van der Waals surface area contributed by atoms with Gasteiger partial charge >= 0.3 is 0 Å². The van der Waals surface area contributed by atoms with Crippen LogP contribution in [0.25, 0.3) is 11.1 Å². The van der Waals surface area contributed by atoms with Gasteiger partial charge in [-0.25, -0.2) is 0 Å². The molecule has 1 N–H and O–H groups in total. The average Bonchev–Trinajstić information content (AvgIpc) is 3.32. The molecule has 2 heterocycles. The number of carbonyl (C=O) groups is 1. The second-order valence-electron chi connectivity index (χ2n) is 8.04. The fraction of sp³-hybridized carbons (Fsp3) is 0.320. The van der Waals surface area contributed by atoms with E-state index < -0.39 is 0 Å². The highest BCUT2D eigenvalue weighted by Crippen LogP contribution is 2.36. The van der Waals surface area contributed by atoms with Gasteiger partial charge in [0.1, 0.15) is 5.75 Å². The zero-order valence-electron chi connectivity index (χ0n) is 17.8. The lowest BCUT2D eigenvalue weighted by Crippen LogP contribution is -2.25. The van der Waals surface area contributed by atoms with Gasteiger partial charge in [-0.1, -0.05) is 30.5 Å². The van der Waals surface area contributed by atoms with Gasteiger partial charge in [-0.15, -0.1) is 0 Å². The Morgan fingerprint density at radius 1 is 1.13 bits per heavy atom. The number of hydrogen-bond acceptors (Lipinski definition) is 4. The molecule has 0 radical (unpaired) electrons. The summed E-state index contributed by atoms with van der Waals surface area (Å²) in [7, 11) is 1.58. The van der Waals surface area contributed by atoms with Gasteiger partial charge in [-0.05, 0) is 55.2 Å². The van der Waals surface area contributed by atoms with Crippen LogP contribution in [0.2, 0.25) is 5.02 Å². The SMILES string of the molecule is COc1ccc(CNC(=O)c2cc(-c3cncc(C)c3)cnc2C2CCCC2)cc1Cl. The first kappa shape index (κ1) is 21.3. The molecule has 5 nitrogen and oxygen atoms in total. The maximum Gasteiger partial charge on any atom is 0.253 e. The van der Waals surface area contributed by atoms with Crippen LogP contribution in [-0.2, 0) is 6.54 Å². The molecule has 0 atom stereocenters. The summed E-state index contributed by atoms with van der Waals surface area (Å²) in [5.74, 6) is 0.827. The van der Waals surface area contributed by atoms with Crippen LogP contribution in [-0.4, -0.2) is 23.0 Å². The number of rotatable bonds is 6. The first-order valence-corrected chi connectivity index (χ1v) is 11.0. The third-order valence-corrected chi connectivity index (χ3v) is 6.08. The molecule has 31 heavy (non-hydrogen) atoms. The molecule has 4 rings (SSSR count). The highest BCUT2D eigenvalue weighted by molar-refractivity contribution is 6.32. The number of methoxy groups -OCH3 is 1. The van der Waals surface area contributed by atoms with Crippen molar-refractivity contribution in [2.45, 2.75) is 45.1 Å². The van der Waals surface area contributed by atoms with Crippen molar-refractivity contribution in [3.63, 3.8) is 0 Å². The van der Waals surface area contributed by atoms with Crippen molar-refractivity contribution in [2.24, 2.45) is 0 Å². The number of nitrogens with one attached hydrogen (secondary N) is 1. The molecule has 0 bridgehead atoms. The predicted molar refractivity (Wildman–Crippen MR) is 123 cm³/mol. The number of aryl methyl sites for hydroxylation is 1. The summed E-state index contributed by atoms with van der Waals surface area (Å²) in [6, 6.07) is 9.52. The van der Waals surface area contributed by atoms with E-state index in [9.17, 15) is 4.79 Å². The molecule has 0 aliphatic heterocycles. The van der Waals surface area contributed by atoms with Crippen LogP contribution < -0.4 is 10.1 Å². The Bertz CT molecular complexity index is 1090. The standard InChI is InChI=1S/C25H26ClN3O2/c1-16-9-19(14-27-12-16)20-11-21(24(28-15-20)18-5-3-4-6-18)25(30)29-13-17-7-8-23(31-2)22(26)10-17/h7-12,14-15,18H,3-6,13H2,1-2H3,(H,29,30). The number of carbonyl (C=O) groups excluding carboxylic acids is 1. The molecule has 1 aliphatic carbocycles. The number of nitrogens with zero attached hydrogens (tertiary/aromatic N) is 2. The number of benzene rings is 1. The Labute approximate surface area is 187 Å². The summed E-state index contributed by atoms with van der Waals surface area (Å²) < 4.78 is 5.20. The molecule has 0 spiro atoms. The van der Waals surface area contributed by atoms with E-state index in [4.69, 9.17) is 21.3 Å². The third kappa shape index (κ3) is 4.88. The highest BCUT2D eigenvalue weighted by Gasteiger charge is 2.24. The zero-order valence-corrected chi connectivity index (χ0v) is 18.6. The normalized spacial score (nSPS) is 13.9. The van der Waals surface area contributed by atoms with Gasteiger partial charge in [0.05, 0.1) is 23.4 Å². The summed E-state index contributed by atoms with van der Waals surface area (Å²) >= 11 is 6.22. The molecule has 0 unspecified atom stereocenters. The Morgan fingerprint density at radius 3 is 2.61 bits per heavy atom. The minimum absolute atomic E-state index is 0.121. The minimum Gasteiger partial charge on any atom is -0.495 e. The summed E-state index contributed by atoms with van der Waals surface area (Å²) in [6.45, 7) is 2.38.